The van der Waals surface area contributed by atoms with Gasteiger partial charge in [0.15, 0.2) is 0 Å². The lowest BCUT2D eigenvalue weighted by molar-refractivity contribution is 0.306. The van der Waals surface area contributed by atoms with Crippen molar-refractivity contribution in [3.05, 3.63) is 77.5 Å². The van der Waals surface area contributed by atoms with E-state index in [-0.39, 0.29) is 10.8 Å². The molecule has 33 heavy (non-hydrogen) atoms. The van der Waals surface area contributed by atoms with Gasteiger partial charge in [0, 0.05) is 26.8 Å². The van der Waals surface area contributed by atoms with Gasteiger partial charge in [-0.05, 0) is 73.4 Å². The first-order valence-corrected chi connectivity index (χ1v) is 12.5. The molecule has 1 aromatic heterocycles. The molecule has 0 radical (unpaired) electrons. The van der Waals surface area contributed by atoms with Crippen LogP contribution >= 0.6 is 0 Å². The molecule has 2 aromatic carbocycles. The summed E-state index contributed by atoms with van der Waals surface area (Å²) in [6.45, 7) is 8.76. The van der Waals surface area contributed by atoms with E-state index in [4.69, 9.17) is 4.74 Å². The summed E-state index contributed by atoms with van der Waals surface area (Å²) in [4.78, 5) is 6.48. The molecule has 0 amide bonds. The molecule has 0 aliphatic carbocycles. The SMILES string of the molecule is Cc1ccc(N(CC(C)C)S(=O)(=O)c2ccc(OCc3ccnc(N(C)C)c3)cc2)c(C)c1. The molecule has 0 N–H and O–H groups in total. The number of ether oxygens (including phenoxy) is 1. The van der Waals surface area contributed by atoms with Crippen molar-refractivity contribution in [2.24, 2.45) is 5.92 Å². The van der Waals surface area contributed by atoms with Crippen molar-refractivity contribution >= 4 is 21.5 Å². The first kappa shape index (κ1) is 24.6. The third kappa shape index (κ3) is 6.05. The maximum absolute atomic E-state index is 13.6. The third-order valence-corrected chi connectivity index (χ3v) is 7.03. The second-order valence-corrected chi connectivity index (χ2v) is 10.8. The molecule has 0 aliphatic heterocycles. The summed E-state index contributed by atoms with van der Waals surface area (Å²) in [5.41, 5.74) is 3.74. The summed E-state index contributed by atoms with van der Waals surface area (Å²) < 4.78 is 34.5. The van der Waals surface area contributed by atoms with Gasteiger partial charge in [0.05, 0.1) is 10.6 Å². The predicted molar refractivity (Wildman–Crippen MR) is 135 cm³/mol. The van der Waals surface area contributed by atoms with Gasteiger partial charge >= 0.3 is 0 Å². The van der Waals surface area contributed by atoms with E-state index in [0.29, 0.717) is 24.6 Å². The Hall–Kier alpha value is -3.06. The smallest absolute Gasteiger partial charge is 0.264 e. The summed E-state index contributed by atoms with van der Waals surface area (Å²) in [7, 11) is 0.155. The van der Waals surface area contributed by atoms with Gasteiger partial charge in [0.2, 0.25) is 0 Å². The van der Waals surface area contributed by atoms with Crippen LogP contribution in [-0.2, 0) is 16.6 Å². The van der Waals surface area contributed by atoms with E-state index in [1.807, 2.05) is 77.0 Å². The molecule has 3 aromatic rings. The molecule has 6 nitrogen and oxygen atoms in total. The van der Waals surface area contributed by atoms with Crippen LogP contribution in [0.2, 0.25) is 0 Å². The van der Waals surface area contributed by atoms with Gasteiger partial charge in [-0.25, -0.2) is 13.4 Å². The number of aromatic nitrogens is 1. The minimum absolute atomic E-state index is 0.176. The van der Waals surface area contributed by atoms with Crippen molar-refractivity contribution < 1.29 is 13.2 Å². The molecule has 0 spiro atoms. The van der Waals surface area contributed by atoms with Gasteiger partial charge in [-0.3, -0.25) is 4.31 Å². The molecule has 0 aliphatic rings. The number of rotatable bonds is 9. The van der Waals surface area contributed by atoms with E-state index >= 15 is 0 Å². The summed E-state index contributed by atoms with van der Waals surface area (Å²) in [6.07, 6.45) is 1.75. The van der Waals surface area contributed by atoms with Crippen molar-refractivity contribution in [1.29, 1.82) is 0 Å². The Morgan fingerprint density at radius 1 is 0.970 bits per heavy atom. The maximum atomic E-state index is 13.6. The molecule has 7 heteroatoms. The Bertz CT molecular complexity index is 1190. The molecule has 0 fully saturated rings. The average molecular weight is 468 g/mol. The van der Waals surface area contributed by atoms with Crippen LogP contribution in [0.15, 0.2) is 65.7 Å². The summed E-state index contributed by atoms with van der Waals surface area (Å²) >= 11 is 0. The van der Waals surface area contributed by atoms with Crippen LogP contribution in [0.4, 0.5) is 11.5 Å². The van der Waals surface area contributed by atoms with Crippen molar-refractivity contribution in [3.8, 4) is 5.75 Å². The minimum Gasteiger partial charge on any atom is -0.489 e. The Balaban J connectivity index is 1.81. The second kappa shape index (κ2) is 10.3. The lowest BCUT2D eigenvalue weighted by Gasteiger charge is -2.28. The van der Waals surface area contributed by atoms with E-state index in [1.165, 1.54) is 4.31 Å². The highest BCUT2D eigenvalue weighted by Gasteiger charge is 2.27. The number of nitrogens with zero attached hydrogens (tertiary/aromatic N) is 3. The Labute approximate surface area is 197 Å². The number of benzene rings is 2. The standard InChI is InChI=1S/C26H33N3O3S/c1-19(2)17-29(25-12-7-20(3)15-21(25)4)33(30,31)24-10-8-23(9-11-24)32-18-22-13-14-27-26(16-22)28(5)6/h7-16,19H,17-18H2,1-6H3. The monoisotopic (exact) mass is 467 g/mol. The van der Waals surface area contributed by atoms with Gasteiger partial charge in [-0.1, -0.05) is 31.5 Å². The van der Waals surface area contributed by atoms with Crippen molar-refractivity contribution in [2.75, 3.05) is 29.8 Å². The lowest BCUT2D eigenvalue weighted by Crippen LogP contribution is -2.34. The van der Waals surface area contributed by atoms with Crippen molar-refractivity contribution in [1.82, 2.24) is 4.98 Å². The van der Waals surface area contributed by atoms with Crippen LogP contribution in [0.3, 0.4) is 0 Å². The molecular weight excluding hydrogens is 434 g/mol. The normalized spacial score (nSPS) is 11.5. The molecule has 1 heterocycles. The van der Waals surface area contributed by atoms with E-state index in [2.05, 4.69) is 4.98 Å². The van der Waals surface area contributed by atoms with Crippen LogP contribution in [0.25, 0.3) is 0 Å². The number of sulfonamides is 1. The zero-order chi connectivity index (χ0) is 24.2. The average Bonchev–Trinajstić information content (AvgIpc) is 2.77. The highest BCUT2D eigenvalue weighted by molar-refractivity contribution is 7.92. The molecule has 176 valence electrons. The third-order valence-electron chi connectivity index (χ3n) is 5.24. The molecule has 0 bridgehead atoms. The molecule has 0 saturated heterocycles. The van der Waals surface area contributed by atoms with Crippen molar-refractivity contribution in [2.45, 2.75) is 39.2 Å². The minimum atomic E-state index is -3.72. The Kier molecular flexibility index (Phi) is 7.64. The lowest BCUT2D eigenvalue weighted by atomic mass is 10.1. The number of anilines is 2. The quantitative estimate of drug-likeness (QED) is 0.433. The first-order chi connectivity index (χ1) is 15.6. The van der Waals surface area contributed by atoms with Crippen LogP contribution < -0.4 is 13.9 Å². The Morgan fingerprint density at radius 3 is 2.27 bits per heavy atom. The molecule has 0 unspecified atom stereocenters. The fraction of sp³-hybridized carbons (Fsp3) is 0.346. The van der Waals surface area contributed by atoms with E-state index in [0.717, 1.165) is 22.5 Å². The van der Waals surface area contributed by atoms with Gasteiger partial charge < -0.3 is 9.64 Å². The van der Waals surface area contributed by atoms with Gasteiger partial charge in [-0.2, -0.15) is 0 Å². The van der Waals surface area contributed by atoms with Gasteiger partial charge in [-0.15, -0.1) is 0 Å². The highest BCUT2D eigenvalue weighted by Crippen LogP contribution is 2.29. The zero-order valence-corrected chi connectivity index (χ0v) is 21.1. The number of hydrogen-bond acceptors (Lipinski definition) is 5. The number of pyridine rings is 1. The summed E-state index contributed by atoms with van der Waals surface area (Å²) in [5, 5.41) is 0. The van der Waals surface area contributed by atoms with Crippen LogP contribution in [0, 0.1) is 19.8 Å². The van der Waals surface area contributed by atoms with E-state index in [1.54, 1.807) is 30.5 Å². The van der Waals surface area contributed by atoms with Crippen LogP contribution in [0.5, 0.6) is 5.75 Å². The highest BCUT2D eigenvalue weighted by atomic mass is 32.2. The molecule has 3 rings (SSSR count). The number of hydrogen-bond donors (Lipinski definition) is 0. The topological polar surface area (TPSA) is 62.7 Å². The van der Waals surface area contributed by atoms with Gasteiger partial charge in [0.1, 0.15) is 18.2 Å². The van der Waals surface area contributed by atoms with Crippen LogP contribution in [0.1, 0.15) is 30.5 Å². The molecule has 0 saturated carbocycles. The number of aryl methyl sites for hydroxylation is 2. The first-order valence-electron chi connectivity index (χ1n) is 11.0. The molecule has 0 atom stereocenters. The fourth-order valence-electron chi connectivity index (χ4n) is 3.54. The van der Waals surface area contributed by atoms with Crippen LogP contribution in [-0.4, -0.2) is 34.0 Å². The summed E-state index contributed by atoms with van der Waals surface area (Å²) in [5.74, 6) is 1.64. The summed E-state index contributed by atoms with van der Waals surface area (Å²) in [6, 6.07) is 16.3. The maximum Gasteiger partial charge on any atom is 0.264 e. The Morgan fingerprint density at radius 2 is 1.67 bits per heavy atom. The largest absolute Gasteiger partial charge is 0.489 e. The van der Waals surface area contributed by atoms with E-state index < -0.39 is 10.0 Å². The second-order valence-electron chi connectivity index (χ2n) is 8.90. The van der Waals surface area contributed by atoms with Crippen molar-refractivity contribution in [3.63, 3.8) is 0 Å². The molecular formula is C26H33N3O3S. The fourth-order valence-corrected chi connectivity index (χ4v) is 5.23. The zero-order valence-electron chi connectivity index (χ0n) is 20.2. The predicted octanol–water partition coefficient (Wildman–Crippen LogP) is 5.19. The van der Waals surface area contributed by atoms with E-state index in [9.17, 15) is 8.42 Å². The van der Waals surface area contributed by atoms with Gasteiger partial charge in [0.25, 0.3) is 10.0 Å².